The summed E-state index contributed by atoms with van der Waals surface area (Å²) in [5.74, 6) is 0. The van der Waals surface area contributed by atoms with Crippen molar-refractivity contribution in [2.24, 2.45) is 0 Å². The molecule has 1 spiro atoms. The van der Waals surface area contributed by atoms with E-state index in [0.717, 1.165) is 32.5 Å². The van der Waals surface area contributed by atoms with Crippen LogP contribution < -0.4 is 10.6 Å². The maximum atomic E-state index is 11.9. The van der Waals surface area contributed by atoms with Crippen molar-refractivity contribution in [3.8, 4) is 0 Å². The number of rotatable bonds is 0. The van der Waals surface area contributed by atoms with E-state index in [1.54, 1.807) is 0 Å². The van der Waals surface area contributed by atoms with Crippen molar-refractivity contribution in [2.75, 3.05) is 19.6 Å². The van der Waals surface area contributed by atoms with Crippen molar-refractivity contribution in [1.29, 1.82) is 0 Å². The largest absolute Gasteiger partial charge is 0.336 e. The lowest BCUT2D eigenvalue weighted by molar-refractivity contribution is 0.0566. The van der Waals surface area contributed by atoms with Gasteiger partial charge < -0.3 is 15.5 Å². The quantitative estimate of drug-likeness (QED) is 0.626. The van der Waals surface area contributed by atoms with Crippen LogP contribution in [0.2, 0.25) is 0 Å². The van der Waals surface area contributed by atoms with Gasteiger partial charge in [0.25, 0.3) is 0 Å². The Bertz CT molecular complexity index is 263. The highest BCUT2D eigenvalue weighted by Crippen LogP contribution is 2.35. The monoisotopic (exact) mass is 211 g/mol. The minimum Gasteiger partial charge on any atom is -0.336 e. The highest BCUT2D eigenvalue weighted by molar-refractivity contribution is 5.78. The van der Waals surface area contributed by atoms with Gasteiger partial charge in [-0.1, -0.05) is 0 Å². The van der Waals surface area contributed by atoms with Crippen LogP contribution in [0, 0.1) is 0 Å². The molecule has 4 nitrogen and oxygen atoms in total. The average molecular weight is 211 g/mol. The number of carbonyl (C=O) groups is 1. The first-order valence-electron chi connectivity index (χ1n) is 5.75. The molecule has 2 aliphatic rings. The SMILES string of the molecule is CC(C)(C)N1C(=O)NCC12CCNCC2. The summed E-state index contributed by atoms with van der Waals surface area (Å²) >= 11 is 0. The predicted molar refractivity (Wildman–Crippen MR) is 59.8 cm³/mol. The van der Waals surface area contributed by atoms with Gasteiger partial charge >= 0.3 is 6.03 Å². The normalized spacial score (nSPS) is 25.8. The van der Waals surface area contributed by atoms with Crippen LogP contribution in [-0.2, 0) is 0 Å². The average Bonchev–Trinajstić information content (AvgIpc) is 2.44. The van der Waals surface area contributed by atoms with Crippen LogP contribution >= 0.6 is 0 Å². The number of piperidine rings is 1. The molecule has 0 radical (unpaired) electrons. The number of nitrogens with zero attached hydrogens (tertiary/aromatic N) is 1. The summed E-state index contributed by atoms with van der Waals surface area (Å²) in [7, 11) is 0. The van der Waals surface area contributed by atoms with Crippen LogP contribution in [-0.4, -0.2) is 41.6 Å². The Balaban J connectivity index is 2.27. The zero-order valence-electron chi connectivity index (χ0n) is 9.89. The van der Waals surface area contributed by atoms with E-state index in [9.17, 15) is 4.79 Å². The van der Waals surface area contributed by atoms with E-state index in [1.165, 1.54) is 0 Å². The van der Waals surface area contributed by atoms with Gasteiger partial charge in [0.05, 0.1) is 5.54 Å². The summed E-state index contributed by atoms with van der Waals surface area (Å²) < 4.78 is 0. The van der Waals surface area contributed by atoms with E-state index in [1.807, 2.05) is 0 Å². The molecular formula is C11H21N3O. The first-order valence-corrected chi connectivity index (χ1v) is 5.75. The molecule has 0 aromatic carbocycles. The summed E-state index contributed by atoms with van der Waals surface area (Å²) in [6.07, 6.45) is 2.12. The van der Waals surface area contributed by atoms with Gasteiger partial charge in [-0.25, -0.2) is 4.79 Å². The van der Waals surface area contributed by atoms with Crippen LogP contribution in [0.5, 0.6) is 0 Å². The van der Waals surface area contributed by atoms with E-state index in [4.69, 9.17) is 0 Å². The number of hydrogen-bond donors (Lipinski definition) is 2. The van der Waals surface area contributed by atoms with Crippen molar-refractivity contribution in [2.45, 2.75) is 44.7 Å². The number of amides is 2. The highest BCUT2D eigenvalue weighted by Gasteiger charge is 2.50. The molecule has 0 aromatic rings. The Morgan fingerprint density at radius 1 is 1.27 bits per heavy atom. The molecule has 2 heterocycles. The van der Waals surface area contributed by atoms with E-state index in [-0.39, 0.29) is 17.1 Å². The molecule has 0 bridgehead atoms. The molecule has 2 amide bonds. The molecule has 2 N–H and O–H groups in total. The van der Waals surface area contributed by atoms with E-state index in [2.05, 4.69) is 36.3 Å². The fourth-order valence-corrected chi connectivity index (χ4v) is 2.92. The molecule has 15 heavy (non-hydrogen) atoms. The first kappa shape index (κ1) is 10.7. The fourth-order valence-electron chi connectivity index (χ4n) is 2.92. The summed E-state index contributed by atoms with van der Waals surface area (Å²) in [5, 5.41) is 6.35. The summed E-state index contributed by atoms with van der Waals surface area (Å²) in [4.78, 5) is 13.9. The predicted octanol–water partition coefficient (Wildman–Crippen LogP) is 0.932. The van der Waals surface area contributed by atoms with Gasteiger partial charge in [0, 0.05) is 12.1 Å². The van der Waals surface area contributed by atoms with Crippen LogP contribution in [0.1, 0.15) is 33.6 Å². The first-order chi connectivity index (χ1) is 6.96. The molecule has 2 saturated heterocycles. The molecule has 0 aromatic heterocycles. The van der Waals surface area contributed by atoms with Crippen molar-refractivity contribution in [1.82, 2.24) is 15.5 Å². The molecule has 0 saturated carbocycles. The van der Waals surface area contributed by atoms with Crippen molar-refractivity contribution < 1.29 is 4.79 Å². The molecule has 2 rings (SSSR count). The van der Waals surface area contributed by atoms with Crippen LogP contribution in [0.25, 0.3) is 0 Å². The van der Waals surface area contributed by atoms with Gasteiger partial charge in [0.15, 0.2) is 0 Å². The lowest BCUT2D eigenvalue weighted by Gasteiger charge is -2.47. The summed E-state index contributed by atoms with van der Waals surface area (Å²) in [6, 6.07) is 0.101. The van der Waals surface area contributed by atoms with Gasteiger partial charge in [0.1, 0.15) is 0 Å². The van der Waals surface area contributed by atoms with Gasteiger partial charge in [0.2, 0.25) is 0 Å². The van der Waals surface area contributed by atoms with E-state index < -0.39 is 0 Å². The second kappa shape index (κ2) is 3.37. The molecule has 0 aliphatic carbocycles. The Kier molecular flexibility index (Phi) is 2.41. The standard InChI is InChI=1S/C11H21N3O/c1-10(2,3)14-9(15)13-8-11(14)4-6-12-7-5-11/h12H,4-8H2,1-3H3,(H,13,15). The van der Waals surface area contributed by atoms with E-state index in [0.29, 0.717) is 0 Å². The number of urea groups is 1. The molecule has 4 heteroatoms. The highest BCUT2D eigenvalue weighted by atomic mass is 16.2. The Morgan fingerprint density at radius 3 is 2.40 bits per heavy atom. The van der Waals surface area contributed by atoms with Crippen LogP contribution in [0.3, 0.4) is 0 Å². The Hall–Kier alpha value is -0.770. The minimum atomic E-state index is -0.0854. The van der Waals surface area contributed by atoms with E-state index >= 15 is 0 Å². The zero-order valence-corrected chi connectivity index (χ0v) is 9.89. The molecule has 2 fully saturated rings. The summed E-state index contributed by atoms with van der Waals surface area (Å²) in [6.45, 7) is 9.18. The molecule has 0 unspecified atom stereocenters. The lowest BCUT2D eigenvalue weighted by atomic mass is 9.84. The van der Waals surface area contributed by atoms with Crippen molar-refractivity contribution >= 4 is 6.03 Å². The maximum Gasteiger partial charge on any atom is 0.318 e. The Morgan fingerprint density at radius 2 is 1.87 bits per heavy atom. The fraction of sp³-hybridized carbons (Fsp3) is 0.909. The van der Waals surface area contributed by atoms with Crippen molar-refractivity contribution in [3.05, 3.63) is 0 Å². The second-order valence-corrected chi connectivity index (χ2v) is 5.64. The van der Waals surface area contributed by atoms with Gasteiger partial charge in [-0.05, 0) is 46.7 Å². The third kappa shape index (κ3) is 1.71. The third-order valence-corrected chi connectivity index (χ3v) is 3.45. The maximum absolute atomic E-state index is 11.9. The second-order valence-electron chi connectivity index (χ2n) is 5.64. The van der Waals surface area contributed by atoms with Gasteiger partial charge in [-0.15, -0.1) is 0 Å². The Labute approximate surface area is 91.4 Å². The van der Waals surface area contributed by atoms with Gasteiger partial charge in [-0.2, -0.15) is 0 Å². The molecule has 2 aliphatic heterocycles. The zero-order chi connectivity index (χ0) is 11.1. The minimum absolute atomic E-state index is 0.0561. The summed E-state index contributed by atoms with van der Waals surface area (Å²) in [5.41, 5.74) is -0.0293. The topological polar surface area (TPSA) is 44.4 Å². The molecule has 86 valence electrons. The molecule has 0 atom stereocenters. The lowest BCUT2D eigenvalue weighted by Crippen LogP contribution is -2.59. The van der Waals surface area contributed by atoms with Crippen molar-refractivity contribution in [3.63, 3.8) is 0 Å². The van der Waals surface area contributed by atoms with Gasteiger partial charge in [-0.3, -0.25) is 0 Å². The smallest absolute Gasteiger partial charge is 0.318 e. The van der Waals surface area contributed by atoms with Crippen LogP contribution in [0.4, 0.5) is 4.79 Å². The van der Waals surface area contributed by atoms with Crippen LogP contribution in [0.15, 0.2) is 0 Å². The third-order valence-electron chi connectivity index (χ3n) is 3.45. The number of hydrogen-bond acceptors (Lipinski definition) is 2. The molecular weight excluding hydrogens is 190 g/mol. The number of nitrogens with one attached hydrogen (secondary N) is 2. The number of carbonyl (C=O) groups excluding carboxylic acids is 1.